The highest BCUT2D eigenvalue weighted by Gasteiger charge is 2.11. The quantitative estimate of drug-likeness (QED) is 0.456. The third kappa shape index (κ3) is 3.14. The number of carbonyl (C=O) groups excluding carboxylic acids is 2. The van der Waals surface area contributed by atoms with Crippen LogP contribution in [-0.4, -0.2) is 32.8 Å². The Morgan fingerprint density at radius 1 is 1.33 bits per heavy atom. The number of ether oxygens (including phenoxy) is 2. The summed E-state index contributed by atoms with van der Waals surface area (Å²) >= 11 is 0. The van der Waals surface area contributed by atoms with Crippen molar-refractivity contribution in [1.82, 2.24) is 0 Å². The van der Waals surface area contributed by atoms with Gasteiger partial charge in [0.2, 0.25) is 0 Å². The highest BCUT2D eigenvalue weighted by Crippen LogP contribution is 1.98. The molecule has 68 valence electrons. The number of methoxy groups -OCH3 is 2. The first kappa shape index (κ1) is 10.6. The zero-order valence-corrected chi connectivity index (χ0v) is 6.80. The molecule has 0 aromatic rings. The summed E-state index contributed by atoms with van der Waals surface area (Å²) in [5.41, 5.74) is -0.357. The van der Waals surface area contributed by atoms with Gasteiger partial charge in [0.05, 0.1) is 19.8 Å². The van der Waals surface area contributed by atoms with Crippen molar-refractivity contribution in [2.45, 2.75) is 0 Å². The fourth-order valence-corrected chi connectivity index (χ4v) is 0.484. The summed E-state index contributed by atoms with van der Waals surface area (Å²) in [5, 5.41) is 0. The summed E-state index contributed by atoms with van der Waals surface area (Å²) in [4.78, 5) is 21.2. The van der Waals surface area contributed by atoms with E-state index in [1.54, 1.807) is 0 Å². The van der Waals surface area contributed by atoms with Crippen LogP contribution in [0.2, 0.25) is 0 Å². The van der Waals surface area contributed by atoms with Crippen LogP contribution in [0, 0.1) is 0 Å². The molecule has 5 heteroatoms. The van der Waals surface area contributed by atoms with Crippen molar-refractivity contribution >= 4 is 11.9 Å². The molecule has 0 N–H and O–H groups in total. The van der Waals surface area contributed by atoms with E-state index >= 15 is 0 Å². The summed E-state index contributed by atoms with van der Waals surface area (Å²) < 4.78 is 20.4. The molecule has 4 nitrogen and oxygen atoms in total. The minimum absolute atomic E-state index is 0.357. The molecular formula is C7H9FO4. The van der Waals surface area contributed by atoms with Crippen molar-refractivity contribution < 1.29 is 23.5 Å². The van der Waals surface area contributed by atoms with Gasteiger partial charge in [-0.05, 0) is 0 Å². The molecule has 0 aromatic carbocycles. The summed E-state index contributed by atoms with van der Waals surface area (Å²) in [7, 11) is 2.23. The van der Waals surface area contributed by atoms with Gasteiger partial charge in [0, 0.05) is 6.08 Å². The first-order valence-electron chi connectivity index (χ1n) is 3.08. The summed E-state index contributed by atoms with van der Waals surface area (Å²) in [6.07, 6.45) is 0.756. The van der Waals surface area contributed by atoms with E-state index in [1.165, 1.54) is 0 Å². The SMILES string of the molecule is COC(=O)/C=C(/CF)C(=O)OC. The van der Waals surface area contributed by atoms with Gasteiger partial charge in [-0.2, -0.15) is 0 Å². The molecule has 0 aliphatic carbocycles. The number of halogens is 1. The zero-order chi connectivity index (χ0) is 9.56. The Morgan fingerprint density at radius 3 is 2.25 bits per heavy atom. The van der Waals surface area contributed by atoms with E-state index < -0.39 is 18.6 Å². The van der Waals surface area contributed by atoms with Gasteiger partial charge in [-0.1, -0.05) is 0 Å². The molecule has 0 saturated carbocycles. The second-order valence-corrected chi connectivity index (χ2v) is 1.82. The molecule has 0 atom stereocenters. The van der Waals surface area contributed by atoms with Crippen LogP contribution in [0.5, 0.6) is 0 Å². The fraction of sp³-hybridized carbons (Fsp3) is 0.429. The van der Waals surface area contributed by atoms with Crippen molar-refractivity contribution in [2.75, 3.05) is 20.9 Å². The van der Waals surface area contributed by atoms with Crippen LogP contribution in [0.15, 0.2) is 11.6 Å². The molecule has 0 amide bonds. The van der Waals surface area contributed by atoms with E-state index in [9.17, 15) is 14.0 Å². The van der Waals surface area contributed by atoms with Crippen LogP contribution in [0.25, 0.3) is 0 Å². The van der Waals surface area contributed by atoms with Crippen molar-refractivity contribution in [3.8, 4) is 0 Å². The number of carbonyl (C=O) groups is 2. The van der Waals surface area contributed by atoms with Crippen LogP contribution in [0.1, 0.15) is 0 Å². The first-order valence-corrected chi connectivity index (χ1v) is 3.08. The lowest BCUT2D eigenvalue weighted by atomic mass is 10.3. The molecule has 12 heavy (non-hydrogen) atoms. The van der Waals surface area contributed by atoms with Crippen LogP contribution >= 0.6 is 0 Å². The molecule has 0 spiro atoms. The number of rotatable bonds is 3. The molecule has 0 rings (SSSR count). The standard InChI is InChI=1S/C7H9FO4/c1-11-6(9)3-5(4-8)7(10)12-2/h3H,4H2,1-2H3/b5-3-. The average Bonchev–Trinajstić information content (AvgIpc) is 2.12. The lowest BCUT2D eigenvalue weighted by Gasteiger charge is -1.98. The fourth-order valence-electron chi connectivity index (χ4n) is 0.484. The number of alkyl halides is 1. The van der Waals surface area contributed by atoms with Crippen LogP contribution < -0.4 is 0 Å². The first-order chi connectivity index (χ1) is 5.65. The second kappa shape index (κ2) is 5.29. The summed E-state index contributed by atoms with van der Waals surface area (Å²) in [5.74, 6) is -1.66. The Kier molecular flexibility index (Phi) is 4.67. The van der Waals surface area contributed by atoms with Crippen molar-refractivity contribution in [3.05, 3.63) is 11.6 Å². The average molecular weight is 176 g/mol. The highest BCUT2D eigenvalue weighted by molar-refractivity contribution is 5.96. The normalized spacial score (nSPS) is 10.8. The van der Waals surface area contributed by atoms with Gasteiger partial charge >= 0.3 is 11.9 Å². The Morgan fingerprint density at radius 2 is 1.92 bits per heavy atom. The summed E-state index contributed by atoms with van der Waals surface area (Å²) in [6.45, 7) is -1.05. The zero-order valence-electron chi connectivity index (χ0n) is 6.80. The van der Waals surface area contributed by atoms with Crippen LogP contribution in [0.3, 0.4) is 0 Å². The van der Waals surface area contributed by atoms with Crippen LogP contribution in [-0.2, 0) is 19.1 Å². The van der Waals surface area contributed by atoms with E-state index in [2.05, 4.69) is 9.47 Å². The van der Waals surface area contributed by atoms with Gasteiger partial charge in [0.1, 0.15) is 6.67 Å². The molecule has 0 saturated heterocycles. The topological polar surface area (TPSA) is 52.6 Å². The molecule has 0 bridgehead atoms. The molecule has 0 unspecified atom stereocenters. The van der Waals surface area contributed by atoms with Gasteiger partial charge in [0.25, 0.3) is 0 Å². The highest BCUT2D eigenvalue weighted by atomic mass is 19.1. The van der Waals surface area contributed by atoms with Crippen molar-refractivity contribution in [2.24, 2.45) is 0 Å². The molecule has 0 aliphatic rings. The largest absolute Gasteiger partial charge is 0.466 e. The van der Waals surface area contributed by atoms with E-state index in [-0.39, 0.29) is 5.57 Å². The molecular weight excluding hydrogens is 167 g/mol. The van der Waals surface area contributed by atoms with Gasteiger partial charge in [-0.25, -0.2) is 14.0 Å². The predicted molar refractivity (Wildman–Crippen MR) is 38.1 cm³/mol. The van der Waals surface area contributed by atoms with Gasteiger partial charge in [0.15, 0.2) is 0 Å². The lowest BCUT2D eigenvalue weighted by Crippen LogP contribution is -2.09. The Hall–Kier alpha value is -1.39. The number of hydrogen-bond donors (Lipinski definition) is 0. The third-order valence-corrected chi connectivity index (χ3v) is 1.08. The Labute approximate surface area is 69.0 Å². The monoisotopic (exact) mass is 176 g/mol. The van der Waals surface area contributed by atoms with E-state index in [0.717, 1.165) is 20.3 Å². The summed E-state index contributed by atoms with van der Waals surface area (Å²) in [6, 6.07) is 0. The maximum atomic E-state index is 12.0. The predicted octanol–water partition coefficient (Wildman–Crippen LogP) is 0.228. The third-order valence-electron chi connectivity index (χ3n) is 1.08. The van der Waals surface area contributed by atoms with Crippen molar-refractivity contribution in [3.63, 3.8) is 0 Å². The van der Waals surface area contributed by atoms with Gasteiger partial charge < -0.3 is 9.47 Å². The second-order valence-electron chi connectivity index (χ2n) is 1.82. The molecule has 0 fully saturated rings. The minimum atomic E-state index is -1.05. The van der Waals surface area contributed by atoms with Gasteiger partial charge in [-0.3, -0.25) is 0 Å². The maximum Gasteiger partial charge on any atom is 0.336 e. The molecule has 0 aromatic heterocycles. The molecule has 0 aliphatic heterocycles. The van der Waals surface area contributed by atoms with Crippen molar-refractivity contribution in [1.29, 1.82) is 0 Å². The minimum Gasteiger partial charge on any atom is -0.466 e. The Bertz CT molecular complexity index is 209. The van der Waals surface area contributed by atoms with Gasteiger partial charge in [-0.15, -0.1) is 0 Å². The lowest BCUT2D eigenvalue weighted by molar-refractivity contribution is -0.138. The van der Waals surface area contributed by atoms with Crippen LogP contribution in [0.4, 0.5) is 4.39 Å². The van der Waals surface area contributed by atoms with E-state index in [0.29, 0.717) is 0 Å². The smallest absolute Gasteiger partial charge is 0.336 e. The molecule has 0 heterocycles. The van der Waals surface area contributed by atoms with E-state index in [1.807, 2.05) is 0 Å². The maximum absolute atomic E-state index is 12.0. The Balaban J connectivity index is 4.43. The molecule has 0 radical (unpaired) electrons. The number of esters is 2. The number of hydrogen-bond acceptors (Lipinski definition) is 4. The van der Waals surface area contributed by atoms with E-state index in [4.69, 9.17) is 0 Å².